The number of hydrogen-bond acceptors (Lipinski definition) is 9. The molecule has 2 aliphatic rings. The predicted octanol–water partition coefficient (Wildman–Crippen LogP) is 3.51. The first-order valence-electron chi connectivity index (χ1n) is 10.5. The van der Waals surface area contributed by atoms with Gasteiger partial charge in [-0.1, -0.05) is 0 Å². The zero-order valence-electron chi connectivity index (χ0n) is 19.6. The molecule has 9 heteroatoms. The fourth-order valence-corrected chi connectivity index (χ4v) is 4.44. The van der Waals surface area contributed by atoms with E-state index < -0.39 is 23.6 Å². The van der Waals surface area contributed by atoms with Gasteiger partial charge >= 0.3 is 5.97 Å². The van der Waals surface area contributed by atoms with Gasteiger partial charge in [-0.25, -0.2) is 0 Å². The van der Waals surface area contributed by atoms with Crippen LogP contribution in [0, 0.1) is 5.92 Å². The van der Waals surface area contributed by atoms with Crippen LogP contribution < -0.4 is 28.4 Å². The number of methoxy groups -OCH3 is 4. The average molecular weight is 460 g/mol. The van der Waals surface area contributed by atoms with Crippen LogP contribution in [0.3, 0.4) is 0 Å². The Morgan fingerprint density at radius 1 is 0.970 bits per heavy atom. The van der Waals surface area contributed by atoms with Crippen molar-refractivity contribution in [1.82, 2.24) is 0 Å². The van der Waals surface area contributed by atoms with Crippen LogP contribution in [0.25, 0.3) is 0 Å². The number of esters is 1. The van der Waals surface area contributed by atoms with E-state index in [-0.39, 0.29) is 13.4 Å². The maximum absolute atomic E-state index is 13.3. The molecule has 0 aliphatic carbocycles. The summed E-state index contributed by atoms with van der Waals surface area (Å²) in [5.41, 5.74) is 1.45. The van der Waals surface area contributed by atoms with Gasteiger partial charge in [-0.15, -0.1) is 0 Å². The zero-order chi connectivity index (χ0) is 23.8. The van der Waals surface area contributed by atoms with Crippen molar-refractivity contribution in [2.45, 2.75) is 25.6 Å². The molecule has 3 atom stereocenters. The number of carbonyl (C=O) groups excluding carboxylic acids is 1. The van der Waals surface area contributed by atoms with E-state index in [1.54, 1.807) is 34.1 Å². The van der Waals surface area contributed by atoms with Crippen LogP contribution in [0.1, 0.15) is 30.9 Å². The molecular formula is C24H28O9. The molecule has 9 nitrogen and oxygen atoms in total. The minimum atomic E-state index is -1.32. The number of carbonyl (C=O) groups is 1. The molecule has 2 aromatic carbocycles. The summed E-state index contributed by atoms with van der Waals surface area (Å²) in [6.07, 6.45) is 0. The standard InChI is InChI=1S/C24H28O9/c1-7-30-23(25)21-20(13-8-18(26-3)22(28-5)19(9-13)27-4)14-10-16-17(32-12-31-16)11-15(14)33-24(21,2)29-6/h8-11,20-21H,7,12H2,1-6H3/t20-,21-,24+/m0/s1. The van der Waals surface area contributed by atoms with Crippen molar-refractivity contribution in [3.8, 4) is 34.5 Å². The summed E-state index contributed by atoms with van der Waals surface area (Å²) >= 11 is 0. The molecule has 0 saturated heterocycles. The normalized spacial score (nSPS) is 22.7. The van der Waals surface area contributed by atoms with Crippen molar-refractivity contribution in [2.24, 2.45) is 5.92 Å². The van der Waals surface area contributed by atoms with Crippen LogP contribution in [0.5, 0.6) is 34.5 Å². The molecule has 2 heterocycles. The Morgan fingerprint density at radius 3 is 2.15 bits per heavy atom. The van der Waals surface area contributed by atoms with Crippen molar-refractivity contribution in [3.05, 3.63) is 35.4 Å². The molecular weight excluding hydrogens is 432 g/mol. The molecule has 178 valence electrons. The molecule has 0 radical (unpaired) electrons. The highest BCUT2D eigenvalue weighted by Crippen LogP contribution is 2.54. The smallest absolute Gasteiger partial charge is 0.316 e. The molecule has 0 bridgehead atoms. The van der Waals surface area contributed by atoms with Crippen molar-refractivity contribution in [3.63, 3.8) is 0 Å². The summed E-state index contributed by atoms with van der Waals surface area (Å²) in [4.78, 5) is 13.3. The van der Waals surface area contributed by atoms with Gasteiger partial charge in [-0.3, -0.25) is 4.79 Å². The maximum Gasteiger partial charge on any atom is 0.316 e. The lowest BCUT2D eigenvalue weighted by Gasteiger charge is -2.44. The third-order valence-electron chi connectivity index (χ3n) is 6.04. The monoisotopic (exact) mass is 460 g/mol. The van der Waals surface area contributed by atoms with E-state index in [2.05, 4.69) is 0 Å². The summed E-state index contributed by atoms with van der Waals surface area (Å²) in [5, 5.41) is 0. The largest absolute Gasteiger partial charge is 0.493 e. The van der Waals surface area contributed by atoms with Gasteiger partial charge in [-0.2, -0.15) is 0 Å². The maximum atomic E-state index is 13.3. The van der Waals surface area contributed by atoms with Gasteiger partial charge in [0.2, 0.25) is 18.3 Å². The molecule has 33 heavy (non-hydrogen) atoms. The average Bonchev–Trinajstić information content (AvgIpc) is 3.28. The Morgan fingerprint density at radius 2 is 1.61 bits per heavy atom. The van der Waals surface area contributed by atoms with Gasteiger partial charge in [0, 0.05) is 31.6 Å². The first-order valence-corrected chi connectivity index (χ1v) is 10.5. The Balaban J connectivity index is 1.99. The summed E-state index contributed by atoms with van der Waals surface area (Å²) in [6, 6.07) is 7.20. The van der Waals surface area contributed by atoms with Crippen molar-refractivity contribution >= 4 is 5.97 Å². The van der Waals surface area contributed by atoms with E-state index in [1.807, 2.05) is 18.2 Å². The molecule has 4 rings (SSSR count). The molecule has 0 aromatic heterocycles. The topological polar surface area (TPSA) is 90.9 Å². The molecule has 0 saturated carbocycles. The first kappa shape index (κ1) is 22.8. The SMILES string of the molecule is CCOC(=O)[C@@H]1[C@@H](c2cc(OC)c(OC)c(OC)c2)c2cc3c(cc2O[C@@]1(C)OC)OCO3. The van der Waals surface area contributed by atoms with E-state index in [9.17, 15) is 4.79 Å². The number of rotatable bonds is 7. The van der Waals surface area contributed by atoms with E-state index >= 15 is 0 Å². The van der Waals surface area contributed by atoms with Crippen LogP contribution in [-0.2, 0) is 14.3 Å². The Kier molecular flexibility index (Phi) is 6.16. The van der Waals surface area contributed by atoms with Crippen molar-refractivity contribution in [2.75, 3.05) is 41.8 Å². The fraction of sp³-hybridized carbons (Fsp3) is 0.458. The summed E-state index contributed by atoms with van der Waals surface area (Å²) in [6.45, 7) is 3.79. The lowest BCUT2D eigenvalue weighted by molar-refractivity contribution is -0.212. The predicted molar refractivity (Wildman–Crippen MR) is 117 cm³/mol. The summed E-state index contributed by atoms with van der Waals surface area (Å²) < 4.78 is 45.2. The Hall–Kier alpha value is -3.33. The third-order valence-corrected chi connectivity index (χ3v) is 6.04. The van der Waals surface area contributed by atoms with Gasteiger partial charge in [0.25, 0.3) is 0 Å². The van der Waals surface area contributed by atoms with Crippen LogP contribution in [0.4, 0.5) is 0 Å². The van der Waals surface area contributed by atoms with Crippen LogP contribution in [-0.4, -0.2) is 53.6 Å². The number of fused-ring (bicyclic) bond motifs is 2. The van der Waals surface area contributed by atoms with Gasteiger partial charge in [0.05, 0.1) is 27.9 Å². The highest BCUT2D eigenvalue weighted by molar-refractivity contribution is 5.78. The number of hydrogen-bond donors (Lipinski definition) is 0. The second-order valence-corrected chi connectivity index (χ2v) is 7.73. The molecule has 2 aliphatic heterocycles. The first-order chi connectivity index (χ1) is 15.9. The van der Waals surface area contributed by atoms with Gasteiger partial charge < -0.3 is 37.9 Å². The van der Waals surface area contributed by atoms with Crippen molar-refractivity contribution < 1.29 is 42.7 Å². The Labute approximate surface area is 192 Å². The highest BCUT2D eigenvalue weighted by atomic mass is 16.7. The van der Waals surface area contributed by atoms with E-state index in [0.29, 0.717) is 34.5 Å². The lowest BCUT2D eigenvalue weighted by atomic mass is 9.74. The zero-order valence-corrected chi connectivity index (χ0v) is 19.6. The minimum Gasteiger partial charge on any atom is -0.493 e. The summed E-state index contributed by atoms with van der Waals surface area (Å²) in [7, 11) is 6.11. The molecule has 0 unspecified atom stereocenters. The number of benzene rings is 2. The minimum absolute atomic E-state index is 0.107. The fourth-order valence-electron chi connectivity index (χ4n) is 4.44. The lowest BCUT2D eigenvalue weighted by Crippen LogP contribution is -2.52. The second-order valence-electron chi connectivity index (χ2n) is 7.73. The molecule has 0 fully saturated rings. The van der Waals surface area contributed by atoms with Crippen molar-refractivity contribution in [1.29, 1.82) is 0 Å². The van der Waals surface area contributed by atoms with Gasteiger partial charge in [0.1, 0.15) is 11.7 Å². The van der Waals surface area contributed by atoms with Gasteiger partial charge in [-0.05, 0) is 30.7 Å². The molecule has 2 aromatic rings. The molecule has 0 amide bonds. The quantitative estimate of drug-likeness (QED) is 0.576. The third kappa shape index (κ3) is 3.76. The van der Waals surface area contributed by atoms with Crippen LogP contribution in [0.2, 0.25) is 0 Å². The van der Waals surface area contributed by atoms with Gasteiger partial charge in [0.15, 0.2) is 23.0 Å². The highest BCUT2D eigenvalue weighted by Gasteiger charge is 2.53. The summed E-state index contributed by atoms with van der Waals surface area (Å²) in [5.74, 6) is -0.152. The Bertz CT molecular complexity index is 1030. The molecule has 0 spiro atoms. The number of ether oxygens (including phenoxy) is 8. The van der Waals surface area contributed by atoms with Crippen LogP contribution >= 0.6 is 0 Å². The van der Waals surface area contributed by atoms with Crippen LogP contribution in [0.15, 0.2) is 24.3 Å². The van der Waals surface area contributed by atoms with E-state index in [0.717, 1.165) is 11.1 Å². The van der Waals surface area contributed by atoms with E-state index in [1.165, 1.54) is 14.2 Å². The molecule has 0 N–H and O–H groups in total. The second kappa shape index (κ2) is 8.90. The van der Waals surface area contributed by atoms with E-state index in [4.69, 9.17) is 37.9 Å².